The summed E-state index contributed by atoms with van der Waals surface area (Å²) in [6.45, 7) is 6.18. The SMILES string of the molecule is C[C@@H](NC(=O)C12CC3CC(C)(CC(C)(C3)C1)C2)C(=O)O. The van der Waals surface area contributed by atoms with E-state index in [0.717, 1.165) is 19.3 Å². The molecule has 2 N–H and O–H groups in total. The Bertz CT molecular complexity index is 454. The predicted octanol–water partition coefficient (Wildman–Crippen LogP) is 2.57. The second kappa shape index (κ2) is 3.99. The second-order valence-electron chi connectivity index (χ2n) is 8.44. The lowest BCUT2D eigenvalue weighted by Crippen LogP contribution is -2.61. The Morgan fingerprint density at radius 1 is 1.10 bits per heavy atom. The molecule has 20 heavy (non-hydrogen) atoms. The summed E-state index contributed by atoms with van der Waals surface area (Å²) in [4.78, 5) is 23.7. The van der Waals surface area contributed by atoms with Crippen LogP contribution in [0.2, 0.25) is 0 Å². The third-order valence-corrected chi connectivity index (χ3v) is 5.83. The van der Waals surface area contributed by atoms with Crippen LogP contribution in [0, 0.1) is 22.2 Å². The summed E-state index contributed by atoms with van der Waals surface area (Å²) in [5.41, 5.74) is 0.239. The minimum Gasteiger partial charge on any atom is -0.480 e. The van der Waals surface area contributed by atoms with E-state index in [1.54, 1.807) is 6.92 Å². The first-order valence-electron chi connectivity index (χ1n) is 7.69. The average Bonchev–Trinajstić information content (AvgIpc) is 2.23. The molecule has 1 amide bonds. The molecule has 2 unspecified atom stereocenters. The summed E-state index contributed by atoms with van der Waals surface area (Å²) in [7, 11) is 0. The zero-order valence-electron chi connectivity index (χ0n) is 12.7. The molecule has 4 heteroatoms. The van der Waals surface area contributed by atoms with E-state index < -0.39 is 12.0 Å². The van der Waals surface area contributed by atoms with E-state index >= 15 is 0 Å². The zero-order chi connectivity index (χ0) is 14.8. The Balaban J connectivity index is 1.85. The molecule has 0 spiro atoms. The third kappa shape index (κ3) is 2.04. The van der Waals surface area contributed by atoms with Gasteiger partial charge in [-0.2, -0.15) is 0 Å². The molecule has 0 aromatic carbocycles. The highest BCUT2D eigenvalue weighted by Crippen LogP contribution is 2.69. The molecule has 0 aromatic heterocycles. The molecule has 0 aliphatic heterocycles. The van der Waals surface area contributed by atoms with E-state index in [1.807, 2.05) is 0 Å². The summed E-state index contributed by atoms with van der Waals surface area (Å²) in [5, 5.41) is 11.7. The number of carboxylic acid groups (broad SMARTS) is 1. The summed E-state index contributed by atoms with van der Waals surface area (Å²) in [5.74, 6) is -0.332. The van der Waals surface area contributed by atoms with Crippen molar-refractivity contribution in [2.75, 3.05) is 0 Å². The lowest BCUT2D eigenvalue weighted by molar-refractivity contribution is -0.171. The van der Waals surface area contributed by atoms with Crippen molar-refractivity contribution in [3.8, 4) is 0 Å². The topological polar surface area (TPSA) is 66.4 Å². The van der Waals surface area contributed by atoms with Crippen LogP contribution in [0.4, 0.5) is 0 Å². The van der Waals surface area contributed by atoms with Crippen LogP contribution in [0.25, 0.3) is 0 Å². The lowest BCUT2D eigenvalue weighted by Gasteiger charge is -2.64. The van der Waals surface area contributed by atoms with E-state index in [4.69, 9.17) is 5.11 Å². The highest BCUT2D eigenvalue weighted by Gasteiger charge is 2.62. The summed E-state index contributed by atoms with van der Waals surface area (Å²) >= 11 is 0. The minimum atomic E-state index is -0.958. The number of carboxylic acids is 1. The standard InChI is InChI=1S/C16H25NO3/c1-10(12(18)19)17-13(20)16-6-11-4-14(2,8-16)7-15(3,5-11)9-16/h10-11H,4-9H2,1-3H3,(H,17,20)(H,18,19)/t10-,11?,14?,15?,16?/m1/s1. The van der Waals surface area contributed by atoms with Crippen LogP contribution in [0.15, 0.2) is 0 Å². The fourth-order valence-electron chi connectivity index (χ4n) is 6.11. The molecule has 3 atom stereocenters. The third-order valence-electron chi connectivity index (χ3n) is 5.83. The Labute approximate surface area is 120 Å². The van der Waals surface area contributed by atoms with Crippen molar-refractivity contribution < 1.29 is 14.7 Å². The Morgan fingerprint density at radius 3 is 2.10 bits per heavy atom. The molecular weight excluding hydrogens is 254 g/mol. The molecule has 0 heterocycles. The molecule has 4 aliphatic carbocycles. The van der Waals surface area contributed by atoms with E-state index in [1.165, 1.54) is 19.3 Å². The number of carbonyl (C=O) groups excluding carboxylic acids is 1. The summed E-state index contributed by atoms with van der Waals surface area (Å²) in [6, 6.07) is -0.795. The monoisotopic (exact) mass is 279 g/mol. The van der Waals surface area contributed by atoms with E-state index in [0.29, 0.717) is 5.92 Å². The van der Waals surface area contributed by atoms with Crippen LogP contribution in [0.1, 0.15) is 59.3 Å². The first-order chi connectivity index (χ1) is 9.15. The normalized spacial score (nSPS) is 47.0. The van der Waals surface area contributed by atoms with E-state index in [-0.39, 0.29) is 22.2 Å². The van der Waals surface area contributed by atoms with Crippen molar-refractivity contribution in [3.63, 3.8) is 0 Å². The highest BCUT2D eigenvalue weighted by molar-refractivity contribution is 5.87. The number of nitrogens with one attached hydrogen (secondary N) is 1. The van der Waals surface area contributed by atoms with Gasteiger partial charge in [0.15, 0.2) is 0 Å². The van der Waals surface area contributed by atoms with Crippen molar-refractivity contribution in [2.24, 2.45) is 22.2 Å². The van der Waals surface area contributed by atoms with Gasteiger partial charge in [0.05, 0.1) is 5.41 Å². The molecule has 112 valence electrons. The van der Waals surface area contributed by atoms with Gasteiger partial charge < -0.3 is 10.4 Å². The molecule has 4 bridgehead atoms. The van der Waals surface area contributed by atoms with Gasteiger partial charge in [0.1, 0.15) is 6.04 Å². The summed E-state index contributed by atoms with van der Waals surface area (Å²) < 4.78 is 0. The number of aliphatic carboxylic acids is 1. The molecule has 4 nitrogen and oxygen atoms in total. The molecule has 4 fully saturated rings. The minimum absolute atomic E-state index is 0.0195. The highest BCUT2D eigenvalue weighted by atomic mass is 16.4. The first kappa shape index (κ1) is 13.9. The van der Waals surface area contributed by atoms with Crippen LogP contribution in [-0.2, 0) is 9.59 Å². The van der Waals surface area contributed by atoms with Gasteiger partial charge in [-0.3, -0.25) is 9.59 Å². The van der Waals surface area contributed by atoms with Gasteiger partial charge >= 0.3 is 5.97 Å². The van der Waals surface area contributed by atoms with Crippen molar-refractivity contribution in [2.45, 2.75) is 65.3 Å². The van der Waals surface area contributed by atoms with Gasteiger partial charge in [0, 0.05) is 0 Å². The quantitative estimate of drug-likeness (QED) is 0.834. The molecule has 0 radical (unpaired) electrons. The number of carbonyl (C=O) groups is 2. The molecular formula is C16H25NO3. The van der Waals surface area contributed by atoms with Crippen LogP contribution < -0.4 is 5.32 Å². The van der Waals surface area contributed by atoms with Gasteiger partial charge in [-0.1, -0.05) is 13.8 Å². The van der Waals surface area contributed by atoms with Crippen molar-refractivity contribution >= 4 is 11.9 Å². The smallest absolute Gasteiger partial charge is 0.325 e. The maximum atomic E-state index is 12.7. The molecule has 0 aromatic rings. The van der Waals surface area contributed by atoms with Crippen molar-refractivity contribution in [1.82, 2.24) is 5.32 Å². The van der Waals surface area contributed by atoms with Gasteiger partial charge in [-0.25, -0.2) is 0 Å². The number of rotatable bonds is 3. The van der Waals surface area contributed by atoms with E-state index in [2.05, 4.69) is 19.2 Å². The molecule has 4 aliphatic rings. The number of hydrogen-bond donors (Lipinski definition) is 2. The fraction of sp³-hybridized carbons (Fsp3) is 0.875. The number of hydrogen-bond acceptors (Lipinski definition) is 2. The largest absolute Gasteiger partial charge is 0.480 e. The maximum Gasteiger partial charge on any atom is 0.325 e. The van der Waals surface area contributed by atoms with Gasteiger partial charge in [0.25, 0.3) is 0 Å². The second-order valence-corrected chi connectivity index (χ2v) is 8.44. The lowest BCUT2D eigenvalue weighted by atomic mass is 9.40. The fourth-order valence-corrected chi connectivity index (χ4v) is 6.11. The first-order valence-corrected chi connectivity index (χ1v) is 7.69. The van der Waals surface area contributed by atoms with Crippen LogP contribution in [0.3, 0.4) is 0 Å². The van der Waals surface area contributed by atoms with E-state index in [9.17, 15) is 9.59 Å². The van der Waals surface area contributed by atoms with Gasteiger partial charge in [0.2, 0.25) is 5.91 Å². The van der Waals surface area contributed by atoms with Crippen molar-refractivity contribution in [3.05, 3.63) is 0 Å². The zero-order valence-corrected chi connectivity index (χ0v) is 12.7. The Kier molecular flexibility index (Phi) is 2.77. The number of amides is 1. The maximum absolute atomic E-state index is 12.7. The van der Waals surface area contributed by atoms with Crippen molar-refractivity contribution in [1.29, 1.82) is 0 Å². The van der Waals surface area contributed by atoms with Gasteiger partial charge in [-0.05, 0) is 62.2 Å². The van der Waals surface area contributed by atoms with Crippen LogP contribution in [0.5, 0.6) is 0 Å². The average molecular weight is 279 g/mol. The van der Waals surface area contributed by atoms with Gasteiger partial charge in [-0.15, -0.1) is 0 Å². The Morgan fingerprint density at radius 2 is 1.65 bits per heavy atom. The molecule has 4 saturated carbocycles. The molecule has 0 saturated heterocycles. The summed E-state index contributed by atoms with van der Waals surface area (Å²) in [6.07, 6.45) is 6.53. The predicted molar refractivity (Wildman–Crippen MR) is 75.1 cm³/mol. The Hall–Kier alpha value is -1.06. The molecule has 4 rings (SSSR count). The van der Waals surface area contributed by atoms with Crippen LogP contribution in [-0.4, -0.2) is 23.0 Å². The van der Waals surface area contributed by atoms with Crippen LogP contribution >= 0.6 is 0 Å².